The van der Waals surface area contributed by atoms with Crippen LogP contribution in [0.5, 0.6) is 0 Å². The Kier molecular flexibility index (Phi) is 25.5. The number of nitrogens with zero attached hydrogens (tertiary/aromatic N) is 1. The first-order valence-corrected chi connectivity index (χ1v) is 0.548. The van der Waals surface area contributed by atoms with Gasteiger partial charge < -0.3 is 21.5 Å². The van der Waals surface area contributed by atoms with Gasteiger partial charge in [-0.1, -0.05) is 0 Å². The predicted molar refractivity (Wildman–Crippen MR) is 15.4 cm³/mol. The zero-order chi connectivity index (χ0) is 3.58. The molecule has 6 heteroatoms. The first-order chi connectivity index (χ1) is 1.73. The summed E-state index contributed by atoms with van der Waals surface area (Å²) in [6.07, 6.45) is 0. The van der Waals surface area contributed by atoms with Crippen molar-refractivity contribution >= 4 is 0 Å². The van der Waals surface area contributed by atoms with Crippen LogP contribution in [-0.2, 0) is 17.1 Å². The first kappa shape index (κ1) is 17.3. The molecule has 5 nitrogen and oxygen atoms in total. The molecule has 6 heavy (non-hydrogen) atoms. The molecule has 0 atom stereocenters. The predicted octanol–water partition coefficient (Wildman–Crippen LogP) is -0.0796. The molecule has 0 saturated carbocycles. The van der Waals surface area contributed by atoms with E-state index in [0.29, 0.717) is 0 Å². The second-order valence-corrected chi connectivity index (χ2v) is 0.224. The molecule has 0 aliphatic heterocycles. The summed E-state index contributed by atoms with van der Waals surface area (Å²) < 4.78 is 0. The van der Waals surface area contributed by atoms with Crippen molar-refractivity contribution in [3.8, 4) is 0 Å². The van der Waals surface area contributed by atoms with E-state index in [1.54, 1.807) is 0 Å². The number of hydrogen-bond donors (Lipinski definition) is 1. The number of rotatable bonds is 0. The second-order valence-electron chi connectivity index (χ2n) is 0.224. The van der Waals surface area contributed by atoms with Gasteiger partial charge in [-0.05, 0) is 0 Å². The largest absolute Gasteiger partial charge is 0.356 e. The molecular formula is H3FeN2O3-. The van der Waals surface area contributed by atoms with Crippen molar-refractivity contribution in [1.82, 2.24) is 6.15 Å². The SMILES string of the molecule is N.O=[N+]([O-])[O-].[Fe]. The van der Waals surface area contributed by atoms with Crippen LogP contribution in [0.4, 0.5) is 0 Å². The fourth-order valence-electron chi connectivity index (χ4n) is 0. The molecule has 0 spiro atoms. The van der Waals surface area contributed by atoms with Gasteiger partial charge in [0.15, 0.2) is 0 Å². The Morgan fingerprint density at radius 1 is 1.33 bits per heavy atom. The third-order valence-corrected chi connectivity index (χ3v) is 0. The van der Waals surface area contributed by atoms with Crippen LogP contribution in [0.15, 0.2) is 0 Å². The summed E-state index contributed by atoms with van der Waals surface area (Å²) >= 11 is 0. The molecule has 0 aliphatic carbocycles. The monoisotopic (exact) mass is 135 g/mol. The Morgan fingerprint density at radius 2 is 1.33 bits per heavy atom. The van der Waals surface area contributed by atoms with Gasteiger partial charge in [-0.3, -0.25) is 0 Å². The molecule has 0 heterocycles. The van der Waals surface area contributed by atoms with Gasteiger partial charge in [0.25, 0.3) is 0 Å². The van der Waals surface area contributed by atoms with Gasteiger partial charge in [0, 0.05) is 17.1 Å². The van der Waals surface area contributed by atoms with E-state index in [9.17, 15) is 0 Å². The molecule has 0 unspecified atom stereocenters. The molecule has 0 aromatic carbocycles. The summed E-state index contributed by atoms with van der Waals surface area (Å²) in [6.45, 7) is 0. The summed E-state index contributed by atoms with van der Waals surface area (Å²) in [5, 5.41) is 14.8. The van der Waals surface area contributed by atoms with Gasteiger partial charge in [0.05, 0.1) is 5.09 Å². The van der Waals surface area contributed by atoms with Crippen molar-refractivity contribution in [2.24, 2.45) is 0 Å². The van der Waals surface area contributed by atoms with Crippen molar-refractivity contribution in [2.75, 3.05) is 0 Å². The Balaban J connectivity index is -0.0000000450. The molecule has 3 N–H and O–H groups in total. The van der Waals surface area contributed by atoms with Gasteiger partial charge in [0.1, 0.15) is 0 Å². The van der Waals surface area contributed by atoms with Gasteiger partial charge in [-0.25, -0.2) is 0 Å². The zero-order valence-corrected chi connectivity index (χ0v) is 3.84. The summed E-state index contributed by atoms with van der Waals surface area (Å²) in [5.74, 6) is 0. The average Bonchev–Trinajstić information content (AvgIpc) is 0.811. The van der Waals surface area contributed by atoms with E-state index in [2.05, 4.69) is 0 Å². The summed E-state index contributed by atoms with van der Waals surface area (Å²) in [6, 6.07) is 0. The maximum absolute atomic E-state index is 8.25. The van der Waals surface area contributed by atoms with Crippen LogP contribution in [-0.4, -0.2) is 5.09 Å². The average molecular weight is 135 g/mol. The smallest absolute Gasteiger partial charge is 0.0689 e. The Morgan fingerprint density at radius 3 is 1.33 bits per heavy atom. The van der Waals surface area contributed by atoms with Crippen LogP contribution >= 0.6 is 0 Å². The Labute approximate surface area is 44.5 Å². The van der Waals surface area contributed by atoms with E-state index in [1.807, 2.05) is 0 Å². The fourth-order valence-corrected chi connectivity index (χ4v) is 0. The molecular weight excluding hydrogens is 132 g/mol. The molecule has 0 radical (unpaired) electrons. The van der Waals surface area contributed by atoms with Crippen LogP contribution in [0.3, 0.4) is 0 Å². The second kappa shape index (κ2) is 8.82. The van der Waals surface area contributed by atoms with Gasteiger partial charge in [0.2, 0.25) is 0 Å². The molecule has 0 saturated heterocycles. The molecule has 0 rings (SSSR count). The third-order valence-electron chi connectivity index (χ3n) is 0. The van der Waals surface area contributed by atoms with E-state index in [4.69, 9.17) is 15.3 Å². The van der Waals surface area contributed by atoms with Crippen molar-refractivity contribution in [1.29, 1.82) is 0 Å². The van der Waals surface area contributed by atoms with E-state index >= 15 is 0 Å². The number of hydrogen-bond acceptors (Lipinski definition) is 4. The minimum atomic E-state index is -1.75. The fraction of sp³-hybridized carbons (Fsp3) is 0. The van der Waals surface area contributed by atoms with Gasteiger partial charge >= 0.3 is 0 Å². The van der Waals surface area contributed by atoms with E-state index in [1.165, 1.54) is 0 Å². The normalized spacial score (nSPS) is 4.00. The van der Waals surface area contributed by atoms with Crippen molar-refractivity contribution in [3.05, 3.63) is 15.3 Å². The zero-order valence-electron chi connectivity index (χ0n) is 2.73. The molecule has 0 fully saturated rings. The van der Waals surface area contributed by atoms with Crippen LogP contribution in [0, 0.1) is 15.3 Å². The third kappa shape index (κ3) is 257. The minimum absolute atomic E-state index is 0. The molecule has 0 amide bonds. The van der Waals surface area contributed by atoms with Crippen molar-refractivity contribution < 1.29 is 22.2 Å². The summed E-state index contributed by atoms with van der Waals surface area (Å²) in [7, 11) is 0. The standard InChI is InChI=1S/Fe.NO3.H3N/c;2-1(3)4;/h;;1H3/q;-1;. The Hall–Kier alpha value is -0.321. The molecule has 0 aromatic heterocycles. The van der Waals surface area contributed by atoms with E-state index in [0.717, 1.165) is 0 Å². The van der Waals surface area contributed by atoms with Crippen LogP contribution in [0.25, 0.3) is 0 Å². The van der Waals surface area contributed by atoms with Crippen LogP contribution in [0.1, 0.15) is 0 Å². The molecule has 40 valence electrons. The molecule has 0 bridgehead atoms. The van der Waals surface area contributed by atoms with Crippen LogP contribution < -0.4 is 6.15 Å². The van der Waals surface area contributed by atoms with Crippen molar-refractivity contribution in [3.63, 3.8) is 0 Å². The minimum Gasteiger partial charge on any atom is -0.356 e. The molecule has 0 aliphatic rings. The van der Waals surface area contributed by atoms with Gasteiger partial charge in [-0.15, -0.1) is 0 Å². The first-order valence-electron chi connectivity index (χ1n) is 0.548. The van der Waals surface area contributed by atoms with Crippen molar-refractivity contribution in [2.45, 2.75) is 0 Å². The van der Waals surface area contributed by atoms with E-state index in [-0.39, 0.29) is 23.2 Å². The van der Waals surface area contributed by atoms with E-state index < -0.39 is 5.09 Å². The maximum Gasteiger partial charge on any atom is 0.0689 e. The quantitative estimate of drug-likeness (QED) is 0.285. The van der Waals surface area contributed by atoms with Crippen LogP contribution in [0.2, 0.25) is 0 Å². The topological polar surface area (TPSA) is 101 Å². The summed E-state index contributed by atoms with van der Waals surface area (Å²) in [4.78, 5) is 8.25. The Bertz CT molecular complexity index is 31.8. The molecule has 0 aromatic rings. The van der Waals surface area contributed by atoms with Gasteiger partial charge in [-0.2, -0.15) is 0 Å². The maximum atomic E-state index is 8.25. The summed E-state index contributed by atoms with van der Waals surface area (Å²) in [5.41, 5.74) is 0.